The molecule has 1 aliphatic rings. The Hall–Kier alpha value is -3.79. The number of amides is 1. The quantitative estimate of drug-likeness (QED) is 0.0495. The van der Waals surface area contributed by atoms with E-state index in [0.29, 0.717) is 0 Å². The zero-order valence-electron chi connectivity index (χ0n) is 28.7. The molecule has 2 aromatic carbocycles. The molecule has 1 fully saturated rings. The second-order valence-electron chi connectivity index (χ2n) is 10.9. The average Bonchev–Trinajstić information content (AvgIpc) is 3.06. The van der Waals surface area contributed by atoms with E-state index in [1.807, 2.05) is 0 Å². The fraction of sp³-hybridized carbons (Fsp3) is 0.448. The van der Waals surface area contributed by atoms with Crippen LogP contribution in [-0.4, -0.2) is 94.7 Å². The third-order valence-corrected chi connectivity index (χ3v) is 9.75. The molecule has 314 valence electrons. The van der Waals surface area contributed by atoms with Crippen molar-refractivity contribution in [3.05, 3.63) is 65.5 Å². The summed E-state index contributed by atoms with van der Waals surface area (Å²) in [4.78, 5) is 19.1. The lowest BCUT2D eigenvalue weighted by Gasteiger charge is -2.22. The smallest absolute Gasteiger partial charge is 0.407 e. The average molecular weight is 880 g/mol. The van der Waals surface area contributed by atoms with Crippen molar-refractivity contribution in [3.8, 4) is 0 Å². The van der Waals surface area contributed by atoms with E-state index in [2.05, 4.69) is 16.6 Å². The van der Waals surface area contributed by atoms with E-state index in [1.54, 1.807) is 18.2 Å². The van der Waals surface area contributed by atoms with Gasteiger partial charge >= 0.3 is 22.2 Å². The highest BCUT2D eigenvalue weighted by Gasteiger charge is 2.32. The van der Waals surface area contributed by atoms with Crippen LogP contribution in [0.5, 0.6) is 0 Å². The number of hydrogen-bond acceptors (Lipinski definition) is 12. The third-order valence-electron chi connectivity index (χ3n) is 6.40. The van der Waals surface area contributed by atoms with Crippen molar-refractivity contribution in [2.24, 2.45) is 0 Å². The van der Waals surface area contributed by atoms with Crippen LogP contribution < -0.4 is 5.32 Å². The molecule has 3 rings (SSSR count). The Labute approximate surface area is 313 Å². The van der Waals surface area contributed by atoms with Crippen molar-refractivity contribution >= 4 is 58.6 Å². The summed E-state index contributed by atoms with van der Waals surface area (Å²) >= 11 is 0. The van der Waals surface area contributed by atoms with Gasteiger partial charge in [0, 0.05) is 13.0 Å². The van der Waals surface area contributed by atoms with Gasteiger partial charge in [-0.1, -0.05) is 44.1 Å². The summed E-state index contributed by atoms with van der Waals surface area (Å²) in [5.74, 6) is -13.8. The summed E-state index contributed by atoms with van der Waals surface area (Å²) in [5.41, 5.74) is 0.808. The number of benzene rings is 2. The fourth-order valence-corrected chi connectivity index (χ4v) is 5.98. The lowest BCUT2D eigenvalue weighted by molar-refractivity contribution is -0.140. The minimum absolute atomic E-state index is 0.00164. The molecule has 1 aliphatic carbocycles. The molecule has 0 spiro atoms. The van der Waals surface area contributed by atoms with E-state index in [9.17, 15) is 65.2 Å². The molecule has 0 heterocycles. The first-order chi connectivity index (χ1) is 25.1. The first-order valence-electron chi connectivity index (χ1n) is 15.3. The lowest BCUT2D eigenvalue weighted by atomic mass is 9.96. The van der Waals surface area contributed by atoms with Crippen molar-refractivity contribution in [1.82, 2.24) is 5.32 Å². The highest BCUT2D eigenvalue weighted by Crippen LogP contribution is 2.26. The van der Waals surface area contributed by atoms with Gasteiger partial charge < -0.3 is 14.8 Å². The van der Waals surface area contributed by atoms with Crippen LogP contribution in [0.2, 0.25) is 0 Å². The Bertz CT molecular complexity index is 2010. The number of halogens is 5. The molecule has 0 aromatic heterocycles. The molecule has 2 aromatic rings. The monoisotopic (exact) mass is 879 g/mol. The molecule has 0 atom stereocenters. The van der Waals surface area contributed by atoms with Gasteiger partial charge in [-0.15, -0.1) is 0 Å². The van der Waals surface area contributed by atoms with Gasteiger partial charge in [0.2, 0.25) is 5.82 Å². The number of esters is 1. The zero-order valence-corrected chi connectivity index (χ0v) is 31.9. The van der Waals surface area contributed by atoms with Crippen LogP contribution in [0.25, 0.3) is 6.08 Å². The van der Waals surface area contributed by atoms with Crippen LogP contribution in [0.1, 0.15) is 57.4 Å². The Morgan fingerprint density at radius 3 is 1.49 bits per heavy atom. The van der Waals surface area contributed by atoms with Crippen molar-refractivity contribution < 1.29 is 92.9 Å². The SMILES string of the molecule is C=Cc1ccc(S(=O)(=O)O)cc1.CC(=O)OCCCS(=O)(=O)O.O=C(NC1CCCCC1)OCCCS(=O)(=O)O.O=S(=O)(O)c1c(F)c(F)c(F)c(F)c1F. The maximum atomic E-state index is 12.6. The normalized spacial score (nSPS) is 13.3. The summed E-state index contributed by atoms with van der Waals surface area (Å²) in [6.45, 7) is 4.76. The predicted octanol–water partition coefficient (Wildman–Crippen LogP) is 4.36. The predicted molar refractivity (Wildman–Crippen MR) is 182 cm³/mol. The topological polar surface area (TPSA) is 282 Å². The largest absolute Gasteiger partial charge is 0.466 e. The van der Waals surface area contributed by atoms with Crippen molar-refractivity contribution in [3.63, 3.8) is 0 Å². The van der Waals surface area contributed by atoms with Gasteiger partial charge in [-0.05, 0) is 43.4 Å². The van der Waals surface area contributed by atoms with Crippen LogP contribution in [-0.2, 0) is 54.7 Å². The number of carbonyl (C=O) groups excluding carboxylic acids is 2. The summed E-state index contributed by atoms with van der Waals surface area (Å²) in [6, 6.07) is 5.96. The second-order valence-corrected chi connectivity index (χ2v) is 16.8. The fourth-order valence-electron chi connectivity index (χ4n) is 3.91. The van der Waals surface area contributed by atoms with E-state index < -0.39 is 86.5 Å². The molecule has 5 N–H and O–H groups in total. The summed E-state index contributed by atoms with van der Waals surface area (Å²) in [6.07, 6.45) is 6.71. The number of alkyl carbamates (subject to hydrolysis) is 1. The molecule has 0 aliphatic heterocycles. The molecular weight excluding hydrogens is 842 g/mol. The summed E-state index contributed by atoms with van der Waals surface area (Å²) < 4.78 is 188. The Morgan fingerprint density at radius 1 is 0.709 bits per heavy atom. The minimum Gasteiger partial charge on any atom is -0.466 e. The molecular formula is C29H38F5NO16S4. The highest BCUT2D eigenvalue weighted by atomic mass is 32.2. The molecule has 26 heteroatoms. The number of hydrogen-bond donors (Lipinski definition) is 5. The van der Waals surface area contributed by atoms with Crippen molar-refractivity contribution in [2.45, 2.75) is 67.7 Å². The Kier molecular flexibility index (Phi) is 21.7. The molecule has 0 saturated heterocycles. The van der Waals surface area contributed by atoms with Crippen molar-refractivity contribution in [1.29, 1.82) is 0 Å². The van der Waals surface area contributed by atoms with E-state index in [0.717, 1.165) is 31.2 Å². The molecule has 1 amide bonds. The van der Waals surface area contributed by atoms with E-state index in [-0.39, 0.29) is 48.5 Å². The minimum atomic E-state index is -5.52. The lowest BCUT2D eigenvalue weighted by Crippen LogP contribution is -2.36. The van der Waals surface area contributed by atoms with Gasteiger partial charge in [-0.3, -0.25) is 23.0 Å². The number of nitrogens with one attached hydrogen (secondary N) is 1. The molecule has 17 nitrogen and oxygen atoms in total. The van der Waals surface area contributed by atoms with Gasteiger partial charge in [0.1, 0.15) is 0 Å². The van der Waals surface area contributed by atoms with Gasteiger partial charge in [0.15, 0.2) is 28.2 Å². The van der Waals surface area contributed by atoms with Gasteiger partial charge in [-0.2, -0.15) is 33.7 Å². The van der Waals surface area contributed by atoms with Crippen LogP contribution in [0.15, 0.2) is 40.6 Å². The molecule has 0 bridgehead atoms. The van der Waals surface area contributed by atoms with Crippen LogP contribution in [0.4, 0.5) is 26.7 Å². The first kappa shape index (κ1) is 51.2. The molecule has 0 unspecified atom stereocenters. The van der Waals surface area contributed by atoms with Gasteiger partial charge in [0.05, 0.1) is 29.6 Å². The van der Waals surface area contributed by atoms with E-state index in [4.69, 9.17) is 22.9 Å². The zero-order chi connectivity index (χ0) is 42.8. The summed E-state index contributed by atoms with van der Waals surface area (Å²) in [7, 11) is -17.5. The number of carbonyl (C=O) groups is 2. The number of rotatable bonds is 12. The van der Waals surface area contributed by atoms with Crippen LogP contribution >= 0.6 is 0 Å². The van der Waals surface area contributed by atoms with Gasteiger partial charge in [0.25, 0.3) is 30.4 Å². The third kappa shape index (κ3) is 22.4. The molecule has 1 saturated carbocycles. The van der Waals surface area contributed by atoms with E-state index in [1.165, 1.54) is 25.5 Å². The first-order valence-corrected chi connectivity index (χ1v) is 21.4. The molecule has 55 heavy (non-hydrogen) atoms. The van der Waals surface area contributed by atoms with Crippen LogP contribution in [0.3, 0.4) is 0 Å². The standard InChI is InChI=1S/C10H19NO5S.C8H8O3S.C6HF5O3S.C5H10O5S/c12-10(11-9-5-2-1-3-6-9)16-7-4-8-17(13,14)15;1-2-7-3-5-8(6-4-7)12(9,10)11;7-1-2(8)4(10)6(15(12,13)14)5(11)3(1)9;1-5(6)10-3-2-4-11(7,8)9/h9H,1-8H2,(H,11,12)(H,13,14,15);2-6H,1H2,(H,9,10,11);(H,12,13,14);2-4H2,1H3,(H,7,8,9). The van der Waals surface area contributed by atoms with Gasteiger partial charge in [-0.25, -0.2) is 26.7 Å². The molecule has 0 radical (unpaired) electrons. The maximum Gasteiger partial charge on any atom is 0.407 e. The number of ether oxygens (including phenoxy) is 2. The highest BCUT2D eigenvalue weighted by molar-refractivity contribution is 7.86. The Balaban J connectivity index is 0.000000718. The maximum absolute atomic E-state index is 12.6. The van der Waals surface area contributed by atoms with E-state index >= 15 is 0 Å². The van der Waals surface area contributed by atoms with Crippen molar-refractivity contribution in [2.75, 3.05) is 24.7 Å². The Morgan fingerprint density at radius 2 is 1.13 bits per heavy atom. The summed E-state index contributed by atoms with van der Waals surface area (Å²) in [5, 5.41) is 2.74. The van der Waals surface area contributed by atoms with Crippen LogP contribution in [0, 0.1) is 29.1 Å². The second kappa shape index (κ2) is 23.3.